The van der Waals surface area contributed by atoms with Gasteiger partial charge in [0.25, 0.3) is 0 Å². The Hall–Kier alpha value is -3.36. The van der Waals surface area contributed by atoms with Crippen LogP contribution in [0.3, 0.4) is 0 Å². The summed E-state index contributed by atoms with van der Waals surface area (Å²) in [6, 6.07) is 7.28. The zero-order valence-electron chi connectivity index (χ0n) is 16.5. The van der Waals surface area contributed by atoms with Gasteiger partial charge < -0.3 is 14.2 Å². The van der Waals surface area contributed by atoms with Gasteiger partial charge in [-0.25, -0.2) is 0 Å². The number of benzene rings is 1. The summed E-state index contributed by atoms with van der Waals surface area (Å²) in [4.78, 5) is 51.1. The van der Waals surface area contributed by atoms with Gasteiger partial charge in [0, 0.05) is 56.9 Å². The zero-order valence-corrected chi connectivity index (χ0v) is 16.5. The van der Waals surface area contributed by atoms with Gasteiger partial charge in [-0.3, -0.25) is 30.0 Å². The molecule has 1 aromatic carbocycles. The molecule has 0 radical (unpaired) electrons. The van der Waals surface area contributed by atoms with Crippen molar-refractivity contribution in [1.29, 1.82) is 0 Å². The molecule has 1 aliphatic heterocycles. The van der Waals surface area contributed by atoms with E-state index >= 15 is 0 Å². The average Bonchev–Trinajstić information content (AvgIpc) is 3.07. The minimum absolute atomic E-state index is 0.00749. The van der Waals surface area contributed by atoms with Crippen molar-refractivity contribution >= 4 is 34.6 Å². The maximum atomic E-state index is 12.3. The smallest absolute Gasteiger partial charge is 0.305 e. The number of furan rings is 1. The van der Waals surface area contributed by atoms with Crippen LogP contribution >= 0.6 is 0 Å². The highest BCUT2D eigenvalue weighted by atomic mass is 16.3. The number of carbonyl (C=O) groups is 4. The summed E-state index contributed by atoms with van der Waals surface area (Å²) in [7, 11) is 0. The number of nitrogens with one attached hydrogen (secondary N) is 2. The number of amides is 4. The van der Waals surface area contributed by atoms with E-state index in [9.17, 15) is 19.2 Å². The third-order valence-electron chi connectivity index (χ3n) is 5.01. The predicted octanol–water partition coefficient (Wildman–Crippen LogP) is 0.973. The Kier molecular flexibility index (Phi) is 6.16. The van der Waals surface area contributed by atoms with Crippen molar-refractivity contribution in [2.24, 2.45) is 0 Å². The number of para-hydroxylation sites is 1. The van der Waals surface area contributed by atoms with E-state index in [1.165, 1.54) is 6.92 Å². The van der Waals surface area contributed by atoms with Crippen molar-refractivity contribution in [3.63, 3.8) is 0 Å². The molecule has 154 valence electrons. The molecule has 1 fully saturated rings. The molecule has 0 atom stereocenters. The van der Waals surface area contributed by atoms with E-state index in [4.69, 9.17) is 4.42 Å². The highest BCUT2D eigenvalue weighted by molar-refractivity contribution is 5.99. The largest absolute Gasteiger partial charge is 0.451 e. The van der Waals surface area contributed by atoms with Crippen LogP contribution in [0.2, 0.25) is 0 Å². The van der Waals surface area contributed by atoms with Gasteiger partial charge in [0.15, 0.2) is 5.76 Å². The lowest BCUT2D eigenvalue weighted by atomic mass is 10.1. The zero-order chi connectivity index (χ0) is 21.0. The average molecular weight is 400 g/mol. The van der Waals surface area contributed by atoms with Gasteiger partial charge in [0.1, 0.15) is 5.58 Å². The normalized spacial score (nSPS) is 14.0. The fraction of sp³-hybridized carbons (Fsp3) is 0.400. The van der Waals surface area contributed by atoms with Crippen LogP contribution in [0.4, 0.5) is 0 Å². The summed E-state index contributed by atoms with van der Waals surface area (Å²) in [5.74, 6) is -1.05. The van der Waals surface area contributed by atoms with Gasteiger partial charge in [-0.15, -0.1) is 0 Å². The maximum Gasteiger partial charge on any atom is 0.305 e. The van der Waals surface area contributed by atoms with Crippen molar-refractivity contribution in [3.05, 3.63) is 35.6 Å². The van der Waals surface area contributed by atoms with E-state index in [0.29, 0.717) is 37.3 Å². The number of nitrogens with zero attached hydrogens (tertiary/aromatic N) is 2. The fourth-order valence-corrected chi connectivity index (χ4v) is 3.29. The minimum atomic E-state index is -0.557. The molecule has 2 N–H and O–H groups in total. The Bertz CT molecular complexity index is 943. The molecule has 2 heterocycles. The number of aryl methyl sites for hydroxylation is 1. The van der Waals surface area contributed by atoms with Crippen molar-refractivity contribution in [2.75, 3.05) is 26.2 Å². The lowest BCUT2D eigenvalue weighted by Crippen LogP contribution is -2.50. The van der Waals surface area contributed by atoms with Crippen LogP contribution in [-0.2, 0) is 14.4 Å². The van der Waals surface area contributed by atoms with E-state index in [1.54, 1.807) is 22.8 Å². The lowest BCUT2D eigenvalue weighted by Gasteiger charge is -2.34. The number of rotatable bonds is 4. The standard InChI is InChI=1S/C20H24N4O5/c1-13-15-5-3-4-6-16(15)29-19(13)20(28)22-21-17(26)7-8-18(27)24-11-9-23(10-12-24)14(2)25/h3-6H,7-12H2,1-2H3,(H,21,26)(H,22,28). The first-order valence-electron chi connectivity index (χ1n) is 9.47. The summed E-state index contributed by atoms with van der Waals surface area (Å²) >= 11 is 0. The fourth-order valence-electron chi connectivity index (χ4n) is 3.29. The second-order valence-corrected chi connectivity index (χ2v) is 6.94. The SMILES string of the molecule is CC(=O)N1CCN(C(=O)CCC(=O)NNC(=O)c2oc3ccccc3c2C)CC1. The lowest BCUT2D eigenvalue weighted by molar-refractivity contribution is -0.139. The van der Waals surface area contributed by atoms with Crippen molar-refractivity contribution in [3.8, 4) is 0 Å². The second kappa shape index (κ2) is 8.76. The first-order valence-corrected chi connectivity index (χ1v) is 9.47. The first kappa shape index (κ1) is 20.4. The molecule has 1 saturated heterocycles. The molecule has 0 unspecified atom stereocenters. The first-order chi connectivity index (χ1) is 13.9. The maximum absolute atomic E-state index is 12.3. The Morgan fingerprint density at radius 3 is 2.28 bits per heavy atom. The number of hydrogen-bond acceptors (Lipinski definition) is 5. The van der Waals surface area contributed by atoms with Crippen LogP contribution in [0.5, 0.6) is 0 Å². The number of piperazine rings is 1. The summed E-state index contributed by atoms with van der Waals surface area (Å²) in [6.45, 7) is 5.20. The molecule has 9 nitrogen and oxygen atoms in total. The third-order valence-corrected chi connectivity index (χ3v) is 5.01. The van der Waals surface area contributed by atoms with Gasteiger partial charge in [-0.05, 0) is 13.0 Å². The van der Waals surface area contributed by atoms with Crippen LogP contribution in [-0.4, -0.2) is 59.6 Å². The van der Waals surface area contributed by atoms with E-state index < -0.39 is 11.8 Å². The number of hydrazine groups is 1. The molecule has 4 amide bonds. The van der Waals surface area contributed by atoms with E-state index in [0.717, 1.165) is 5.39 Å². The van der Waals surface area contributed by atoms with Crippen molar-refractivity contribution in [2.45, 2.75) is 26.7 Å². The van der Waals surface area contributed by atoms with Gasteiger partial charge in [0.2, 0.25) is 17.7 Å². The van der Waals surface area contributed by atoms with Crippen molar-refractivity contribution in [1.82, 2.24) is 20.7 Å². The predicted molar refractivity (Wildman–Crippen MR) is 105 cm³/mol. The highest BCUT2D eigenvalue weighted by Crippen LogP contribution is 2.24. The molecule has 0 spiro atoms. The third kappa shape index (κ3) is 4.74. The molecule has 1 aromatic heterocycles. The highest BCUT2D eigenvalue weighted by Gasteiger charge is 2.23. The summed E-state index contributed by atoms with van der Waals surface area (Å²) in [5.41, 5.74) is 5.91. The Morgan fingerprint density at radius 1 is 0.966 bits per heavy atom. The summed E-state index contributed by atoms with van der Waals surface area (Å²) in [6.07, 6.45) is -0.0173. The molecule has 3 rings (SSSR count). The minimum Gasteiger partial charge on any atom is -0.451 e. The monoisotopic (exact) mass is 400 g/mol. The molecule has 0 bridgehead atoms. The second-order valence-electron chi connectivity index (χ2n) is 6.94. The molecule has 9 heteroatoms. The molecule has 29 heavy (non-hydrogen) atoms. The molecule has 1 aliphatic rings. The van der Waals surface area contributed by atoms with Crippen LogP contribution in [0.15, 0.2) is 28.7 Å². The van der Waals surface area contributed by atoms with E-state index in [2.05, 4.69) is 10.9 Å². The van der Waals surface area contributed by atoms with Crippen LogP contribution in [0.1, 0.15) is 35.9 Å². The van der Waals surface area contributed by atoms with Crippen LogP contribution in [0.25, 0.3) is 11.0 Å². The molecule has 0 aliphatic carbocycles. The van der Waals surface area contributed by atoms with Gasteiger partial charge in [-0.1, -0.05) is 18.2 Å². The molecular formula is C20H24N4O5. The van der Waals surface area contributed by atoms with E-state index in [1.807, 2.05) is 18.2 Å². The van der Waals surface area contributed by atoms with E-state index in [-0.39, 0.29) is 30.4 Å². The number of carbonyl (C=O) groups excluding carboxylic acids is 4. The quantitative estimate of drug-likeness (QED) is 0.743. The number of fused-ring (bicyclic) bond motifs is 1. The molecule has 0 saturated carbocycles. The Morgan fingerprint density at radius 2 is 1.62 bits per heavy atom. The van der Waals surface area contributed by atoms with Crippen LogP contribution in [0, 0.1) is 6.92 Å². The Balaban J connectivity index is 1.44. The van der Waals surface area contributed by atoms with Gasteiger partial charge in [0.05, 0.1) is 0 Å². The van der Waals surface area contributed by atoms with Crippen LogP contribution < -0.4 is 10.9 Å². The van der Waals surface area contributed by atoms with Gasteiger partial charge in [-0.2, -0.15) is 0 Å². The number of hydrogen-bond donors (Lipinski definition) is 2. The summed E-state index contributed by atoms with van der Waals surface area (Å²) < 4.78 is 5.54. The Labute approximate surface area is 168 Å². The summed E-state index contributed by atoms with van der Waals surface area (Å²) in [5, 5.41) is 0.833. The van der Waals surface area contributed by atoms with Gasteiger partial charge >= 0.3 is 5.91 Å². The topological polar surface area (TPSA) is 112 Å². The molecular weight excluding hydrogens is 376 g/mol. The van der Waals surface area contributed by atoms with Crippen molar-refractivity contribution < 1.29 is 23.6 Å². The molecule has 2 aromatic rings.